The standard InChI is InChI=1S/C12H13NO2/c1-3-9-5-4-6-10-12(9)15-8(2)7-11(14)13-10/h1,4-6,8,11,13-14H,7H2,2H3/t8-,11?/m1/s1. The maximum atomic E-state index is 9.63. The molecule has 0 aliphatic carbocycles. The van der Waals surface area contributed by atoms with Crippen LogP contribution in [-0.2, 0) is 0 Å². The summed E-state index contributed by atoms with van der Waals surface area (Å²) in [5.41, 5.74) is 1.46. The van der Waals surface area contributed by atoms with Crippen molar-refractivity contribution in [3.8, 4) is 18.1 Å². The van der Waals surface area contributed by atoms with Crippen LogP contribution in [0.25, 0.3) is 0 Å². The molecule has 0 spiro atoms. The second kappa shape index (κ2) is 3.84. The monoisotopic (exact) mass is 203 g/mol. The fourth-order valence-corrected chi connectivity index (χ4v) is 1.69. The zero-order valence-corrected chi connectivity index (χ0v) is 8.53. The van der Waals surface area contributed by atoms with E-state index in [1.54, 1.807) is 0 Å². The van der Waals surface area contributed by atoms with Gasteiger partial charge in [0, 0.05) is 6.42 Å². The zero-order chi connectivity index (χ0) is 10.8. The van der Waals surface area contributed by atoms with Gasteiger partial charge in [-0.3, -0.25) is 0 Å². The highest BCUT2D eigenvalue weighted by Crippen LogP contribution is 2.32. The number of hydrogen-bond acceptors (Lipinski definition) is 3. The number of aliphatic hydroxyl groups is 1. The summed E-state index contributed by atoms with van der Waals surface area (Å²) in [6.45, 7) is 1.91. The van der Waals surface area contributed by atoms with Gasteiger partial charge in [0.05, 0.1) is 11.3 Å². The molecule has 15 heavy (non-hydrogen) atoms. The van der Waals surface area contributed by atoms with Gasteiger partial charge in [0.1, 0.15) is 12.3 Å². The fourth-order valence-electron chi connectivity index (χ4n) is 1.69. The zero-order valence-electron chi connectivity index (χ0n) is 8.53. The first-order valence-electron chi connectivity index (χ1n) is 4.91. The Morgan fingerprint density at radius 3 is 3.13 bits per heavy atom. The van der Waals surface area contributed by atoms with Crippen molar-refractivity contribution in [1.82, 2.24) is 0 Å². The molecule has 0 saturated heterocycles. The molecule has 2 atom stereocenters. The number of terminal acetylenes is 1. The summed E-state index contributed by atoms with van der Waals surface area (Å²) < 4.78 is 5.68. The summed E-state index contributed by atoms with van der Waals surface area (Å²) >= 11 is 0. The Kier molecular flexibility index (Phi) is 2.53. The lowest BCUT2D eigenvalue weighted by molar-refractivity contribution is 0.131. The molecule has 0 aromatic heterocycles. The Morgan fingerprint density at radius 1 is 1.60 bits per heavy atom. The van der Waals surface area contributed by atoms with Crippen molar-refractivity contribution in [3.63, 3.8) is 0 Å². The maximum Gasteiger partial charge on any atom is 0.158 e. The predicted molar refractivity (Wildman–Crippen MR) is 58.7 cm³/mol. The van der Waals surface area contributed by atoms with E-state index < -0.39 is 6.23 Å². The van der Waals surface area contributed by atoms with Crippen molar-refractivity contribution in [3.05, 3.63) is 23.8 Å². The molecule has 1 heterocycles. The molecule has 0 saturated carbocycles. The summed E-state index contributed by atoms with van der Waals surface area (Å²) in [5.74, 6) is 3.23. The van der Waals surface area contributed by atoms with E-state index in [-0.39, 0.29) is 6.10 Å². The molecule has 2 rings (SSSR count). The first-order valence-corrected chi connectivity index (χ1v) is 4.91. The van der Waals surface area contributed by atoms with Gasteiger partial charge < -0.3 is 15.2 Å². The lowest BCUT2D eigenvalue weighted by Crippen LogP contribution is -2.22. The van der Waals surface area contributed by atoms with Crippen molar-refractivity contribution in [2.24, 2.45) is 0 Å². The SMILES string of the molecule is C#Cc1cccc2c1O[C@H](C)CC(O)N2. The topological polar surface area (TPSA) is 41.5 Å². The molecule has 1 unspecified atom stereocenters. The number of para-hydroxylation sites is 1. The number of hydrogen-bond donors (Lipinski definition) is 2. The average Bonchev–Trinajstić information content (AvgIpc) is 2.33. The highest BCUT2D eigenvalue weighted by molar-refractivity contribution is 5.64. The van der Waals surface area contributed by atoms with Crippen LogP contribution < -0.4 is 10.1 Å². The average molecular weight is 203 g/mol. The molecule has 1 aromatic carbocycles. The molecule has 2 N–H and O–H groups in total. The lowest BCUT2D eigenvalue weighted by Gasteiger charge is -2.13. The number of nitrogens with one attached hydrogen (secondary N) is 1. The van der Waals surface area contributed by atoms with Crippen LogP contribution in [0, 0.1) is 12.3 Å². The quantitative estimate of drug-likeness (QED) is 0.629. The van der Waals surface area contributed by atoms with Crippen LogP contribution in [0.1, 0.15) is 18.9 Å². The van der Waals surface area contributed by atoms with Crippen molar-refractivity contribution in [1.29, 1.82) is 0 Å². The number of benzene rings is 1. The van der Waals surface area contributed by atoms with Gasteiger partial charge in [0.2, 0.25) is 0 Å². The van der Waals surface area contributed by atoms with Crippen LogP contribution in [-0.4, -0.2) is 17.4 Å². The summed E-state index contributed by atoms with van der Waals surface area (Å²) in [4.78, 5) is 0. The van der Waals surface area contributed by atoms with Crippen molar-refractivity contribution < 1.29 is 9.84 Å². The van der Waals surface area contributed by atoms with Gasteiger partial charge in [0.25, 0.3) is 0 Å². The van der Waals surface area contributed by atoms with E-state index in [4.69, 9.17) is 11.2 Å². The van der Waals surface area contributed by atoms with Crippen molar-refractivity contribution >= 4 is 5.69 Å². The van der Waals surface area contributed by atoms with Gasteiger partial charge in [0.15, 0.2) is 5.75 Å². The maximum absolute atomic E-state index is 9.63. The second-order valence-electron chi connectivity index (χ2n) is 3.65. The minimum atomic E-state index is -0.589. The number of rotatable bonds is 0. The minimum absolute atomic E-state index is 0.0525. The Labute approximate surface area is 89.1 Å². The summed E-state index contributed by atoms with van der Waals surface area (Å²) in [7, 11) is 0. The fraction of sp³-hybridized carbons (Fsp3) is 0.333. The molecular formula is C12H13NO2. The molecular weight excluding hydrogens is 190 g/mol. The number of anilines is 1. The first-order chi connectivity index (χ1) is 7.20. The van der Waals surface area contributed by atoms with Gasteiger partial charge >= 0.3 is 0 Å². The summed E-state index contributed by atoms with van der Waals surface area (Å²) in [5, 5.41) is 12.6. The lowest BCUT2D eigenvalue weighted by atomic mass is 10.2. The Bertz CT molecular complexity index is 409. The van der Waals surface area contributed by atoms with Crippen LogP contribution in [0.5, 0.6) is 5.75 Å². The first kappa shape index (κ1) is 9.88. The highest BCUT2D eigenvalue weighted by Gasteiger charge is 2.21. The van der Waals surface area contributed by atoms with Crippen molar-refractivity contribution in [2.45, 2.75) is 25.7 Å². The van der Waals surface area contributed by atoms with E-state index in [2.05, 4.69) is 11.2 Å². The van der Waals surface area contributed by atoms with Crippen LogP contribution in [0.2, 0.25) is 0 Å². The molecule has 0 amide bonds. The van der Waals surface area contributed by atoms with E-state index in [1.165, 1.54) is 0 Å². The third-order valence-electron chi connectivity index (χ3n) is 2.37. The smallest absolute Gasteiger partial charge is 0.158 e. The molecule has 78 valence electrons. The molecule has 0 fully saturated rings. The number of ether oxygens (including phenoxy) is 1. The molecule has 3 nitrogen and oxygen atoms in total. The molecule has 1 aliphatic rings. The van der Waals surface area contributed by atoms with Gasteiger partial charge in [-0.25, -0.2) is 0 Å². The molecule has 0 radical (unpaired) electrons. The highest BCUT2D eigenvalue weighted by atomic mass is 16.5. The molecule has 3 heteroatoms. The second-order valence-corrected chi connectivity index (χ2v) is 3.65. The van der Waals surface area contributed by atoms with Gasteiger partial charge in [-0.05, 0) is 19.1 Å². The molecule has 0 bridgehead atoms. The van der Waals surface area contributed by atoms with Gasteiger partial charge in [-0.2, -0.15) is 0 Å². The van der Waals surface area contributed by atoms with E-state index in [0.717, 1.165) is 5.69 Å². The largest absolute Gasteiger partial charge is 0.487 e. The van der Waals surface area contributed by atoms with E-state index in [0.29, 0.717) is 17.7 Å². The third-order valence-corrected chi connectivity index (χ3v) is 2.37. The Hall–Kier alpha value is -1.66. The van der Waals surface area contributed by atoms with E-state index >= 15 is 0 Å². The van der Waals surface area contributed by atoms with E-state index in [9.17, 15) is 5.11 Å². The molecule has 1 aliphatic heterocycles. The molecule has 1 aromatic rings. The van der Waals surface area contributed by atoms with Gasteiger partial charge in [-0.1, -0.05) is 12.0 Å². The Morgan fingerprint density at radius 2 is 2.40 bits per heavy atom. The van der Waals surface area contributed by atoms with Crippen LogP contribution in [0.3, 0.4) is 0 Å². The summed E-state index contributed by atoms with van der Waals surface area (Å²) in [6.07, 6.45) is 5.28. The van der Waals surface area contributed by atoms with Crippen LogP contribution in [0.4, 0.5) is 5.69 Å². The normalized spacial score (nSPS) is 24.1. The third kappa shape index (κ3) is 1.90. The predicted octanol–water partition coefficient (Wildman–Crippen LogP) is 1.57. The number of fused-ring (bicyclic) bond motifs is 1. The van der Waals surface area contributed by atoms with Crippen molar-refractivity contribution in [2.75, 3.05) is 5.32 Å². The van der Waals surface area contributed by atoms with Gasteiger partial charge in [-0.15, -0.1) is 6.42 Å². The van der Waals surface area contributed by atoms with Crippen LogP contribution >= 0.6 is 0 Å². The number of aliphatic hydroxyl groups excluding tert-OH is 1. The summed E-state index contributed by atoms with van der Waals surface area (Å²) in [6, 6.07) is 5.51. The van der Waals surface area contributed by atoms with E-state index in [1.807, 2.05) is 25.1 Å². The Balaban J connectivity index is 2.47. The van der Waals surface area contributed by atoms with Crippen LogP contribution in [0.15, 0.2) is 18.2 Å². The minimum Gasteiger partial charge on any atom is -0.487 e.